The molecule has 1 unspecified atom stereocenters. The van der Waals surface area contributed by atoms with Gasteiger partial charge in [0.25, 0.3) is 0 Å². The van der Waals surface area contributed by atoms with E-state index in [-0.39, 0.29) is 24.0 Å². The van der Waals surface area contributed by atoms with Gasteiger partial charge in [0, 0.05) is 52.9 Å². The average Bonchev–Trinajstić information content (AvgIpc) is 3.21. The molecule has 0 saturated carbocycles. The number of nitrogens with one attached hydrogen (secondary N) is 1. The van der Waals surface area contributed by atoms with E-state index in [9.17, 15) is 0 Å². The maximum Gasteiger partial charge on any atom is 0.194 e. The fourth-order valence-corrected chi connectivity index (χ4v) is 2.86. The predicted octanol–water partition coefficient (Wildman–Crippen LogP) is 1.58. The van der Waals surface area contributed by atoms with Crippen LogP contribution >= 0.6 is 24.0 Å². The van der Waals surface area contributed by atoms with Crippen molar-refractivity contribution in [3.05, 3.63) is 11.6 Å². The molecule has 26 heavy (non-hydrogen) atoms. The van der Waals surface area contributed by atoms with Gasteiger partial charge < -0.3 is 24.3 Å². The Hall–Kier alpha value is -0.940. The molecule has 1 atom stereocenters. The second kappa shape index (κ2) is 12.4. The van der Waals surface area contributed by atoms with Crippen molar-refractivity contribution >= 4 is 29.9 Å². The highest BCUT2D eigenvalue weighted by Gasteiger charge is 2.25. The Kier molecular flexibility index (Phi) is 11.1. The Bertz CT molecular complexity index is 551. The summed E-state index contributed by atoms with van der Waals surface area (Å²) in [6.45, 7) is 9.69. The molecule has 1 aliphatic rings. The molecular formula is C17H33IN6O2. The lowest BCUT2D eigenvalue weighted by Crippen LogP contribution is -2.41. The molecule has 150 valence electrons. The maximum absolute atomic E-state index is 5.58. The topological polar surface area (TPSA) is 76.8 Å². The predicted molar refractivity (Wildman–Crippen MR) is 113 cm³/mol. The number of nitrogens with zero attached hydrogens (tertiary/aromatic N) is 5. The fourth-order valence-electron chi connectivity index (χ4n) is 2.86. The summed E-state index contributed by atoms with van der Waals surface area (Å²) in [6, 6.07) is 0. The van der Waals surface area contributed by atoms with E-state index in [0.717, 1.165) is 69.9 Å². The molecule has 1 fully saturated rings. The zero-order chi connectivity index (χ0) is 18.1. The average molecular weight is 480 g/mol. The minimum atomic E-state index is 0. The number of guanidine groups is 1. The lowest BCUT2D eigenvalue weighted by Gasteiger charge is -2.22. The van der Waals surface area contributed by atoms with E-state index in [4.69, 9.17) is 14.5 Å². The summed E-state index contributed by atoms with van der Waals surface area (Å²) < 4.78 is 12.7. The van der Waals surface area contributed by atoms with Crippen molar-refractivity contribution in [2.45, 2.75) is 33.2 Å². The first-order valence-corrected chi connectivity index (χ1v) is 9.10. The normalized spacial score (nSPS) is 17.5. The van der Waals surface area contributed by atoms with Gasteiger partial charge in [-0.2, -0.15) is 0 Å². The van der Waals surface area contributed by atoms with Crippen LogP contribution in [-0.2, 0) is 23.1 Å². The number of halogens is 1. The zero-order valence-electron chi connectivity index (χ0n) is 16.4. The van der Waals surface area contributed by atoms with Crippen LogP contribution in [0.5, 0.6) is 0 Å². The van der Waals surface area contributed by atoms with Crippen LogP contribution in [0.1, 0.15) is 31.4 Å². The number of aliphatic imine (C=N–C) groups is 1. The van der Waals surface area contributed by atoms with Gasteiger partial charge in [-0.05, 0) is 26.7 Å². The summed E-state index contributed by atoms with van der Waals surface area (Å²) in [5.74, 6) is 3.29. The molecule has 1 saturated heterocycles. The Labute approximate surface area is 173 Å². The van der Waals surface area contributed by atoms with Crippen LogP contribution in [0.15, 0.2) is 4.99 Å². The first-order chi connectivity index (χ1) is 12.2. The number of likely N-dealkylation sites (tertiary alicyclic amines) is 1. The van der Waals surface area contributed by atoms with Crippen molar-refractivity contribution in [3.8, 4) is 0 Å². The third-order valence-corrected chi connectivity index (χ3v) is 4.50. The Morgan fingerprint density at radius 3 is 2.85 bits per heavy atom. The minimum absolute atomic E-state index is 0. The van der Waals surface area contributed by atoms with E-state index in [0.29, 0.717) is 12.5 Å². The van der Waals surface area contributed by atoms with E-state index >= 15 is 0 Å². The minimum Gasteiger partial charge on any atom is -0.385 e. The first-order valence-electron chi connectivity index (χ1n) is 9.10. The number of hydrogen-bond acceptors (Lipinski definition) is 5. The molecule has 2 rings (SSSR count). The van der Waals surface area contributed by atoms with Crippen LogP contribution in [0.4, 0.5) is 0 Å². The molecule has 1 aromatic rings. The van der Waals surface area contributed by atoms with Crippen molar-refractivity contribution in [2.24, 2.45) is 18.0 Å². The highest BCUT2D eigenvalue weighted by molar-refractivity contribution is 14.0. The van der Waals surface area contributed by atoms with Crippen LogP contribution in [0.25, 0.3) is 0 Å². The van der Waals surface area contributed by atoms with Crippen LogP contribution in [0.2, 0.25) is 0 Å². The molecule has 1 aromatic heterocycles. The maximum atomic E-state index is 5.58. The third kappa shape index (κ3) is 6.99. The second-order valence-electron chi connectivity index (χ2n) is 6.40. The third-order valence-electron chi connectivity index (χ3n) is 4.50. The van der Waals surface area contributed by atoms with Gasteiger partial charge in [-0.3, -0.25) is 0 Å². The lowest BCUT2D eigenvalue weighted by molar-refractivity contribution is 0.114. The molecule has 0 aromatic carbocycles. The van der Waals surface area contributed by atoms with Gasteiger partial charge >= 0.3 is 0 Å². The fraction of sp³-hybridized carbons (Fsp3) is 0.824. The monoisotopic (exact) mass is 480 g/mol. The number of methoxy groups -OCH3 is 1. The van der Waals surface area contributed by atoms with Crippen molar-refractivity contribution in [2.75, 3.05) is 46.6 Å². The Morgan fingerprint density at radius 2 is 2.19 bits per heavy atom. The summed E-state index contributed by atoms with van der Waals surface area (Å²) in [5, 5.41) is 11.8. The van der Waals surface area contributed by atoms with Crippen LogP contribution in [-0.4, -0.2) is 72.2 Å². The number of aromatic nitrogens is 3. The highest BCUT2D eigenvalue weighted by Crippen LogP contribution is 2.17. The molecule has 0 spiro atoms. The summed E-state index contributed by atoms with van der Waals surface area (Å²) in [7, 11) is 3.70. The number of rotatable bonds is 9. The first kappa shape index (κ1) is 23.1. The van der Waals surface area contributed by atoms with Gasteiger partial charge in [-0.25, -0.2) is 4.99 Å². The molecule has 0 radical (unpaired) electrons. The smallest absolute Gasteiger partial charge is 0.194 e. The molecule has 1 aliphatic heterocycles. The summed E-state index contributed by atoms with van der Waals surface area (Å²) >= 11 is 0. The van der Waals surface area contributed by atoms with Gasteiger partial charge in [0.1, 0.15) is 12.4 Å². The van der Waals surface area contributed by atoms with Gasteiger partial charge in [-0.15, -0.1) is 34.2 Å². The number of aryl methyl sites for hydroxylation is 1. The van der Waals surface area contributed by atoms with Gasteiger partial charge in [0.05, 0.1) is 6.61 Å². The molecule has 1 N–H and O–H groups in total. The largest absolute Gasteiger partial charge is 0.385 e. The second-order valence-corrected chi connectivity index (χ2v) is 6.40. The number of ether oxygens (including phenoxy) is 2. The standard InChI is InChI=1S/C17H32N6O2.HI/c1-5-25-13-15-7-9-23(12-15)17(18-8-6-10-24-4)19-11-16-21-20-14(2)22(16)3;/h15H,5-13H2,1-4H3,(H,18,19);1H. The van der Waals surface area contributed by atoms with Crippen LogP contribution in [0.3, 0.4) is 0 Å². The Balaban J connectivity index is 0.00000338. The van der Waals surface area contributed by atoms with Crippen LogP contribution in [0, 0.1) is 12.8 Å². The molecule has 2 heterocycles. The van der Waals surface area contributed by atoms with Gasteiger partial charge in [0.2, 0.25) is 0 Å². The summed E-state index contributed by atoms with van der Waals surface area (Å²) in [4.78, 5) is 7.11. The summed E-state index contributed by atoms with van der Waals surface area (Å²) in [5.41, 5.74) is 0. The molecule has 0 aliphatic carbocycles. The van der Waals surface area contributed by atoms with Gasteiger partial charge in [-0.1, -0.05) is 0 Å². The van der Waals surface area contributed by atoms with E-state index in [2.05, 4.69) is 20.4 Å². The Morgan fingerprint density at radius 1 is 1.38 bits per heavy atom. The lowest BCUT2D eigenvalue weighted by atomic mass is 10.1. The molecule has 0 bridgehead atoms. The van der Waals surface area contributed by atoms with E-state index in [1.54, 1.807) is 7.11 Å². The molecule has 9 heteroatoms. The van der Waals surface area contributed by atoms with Crippen LogP contribution < -0.4 is 5.32 Å². The molecular weight excluding hydrogens is 447 g/mol. The quantitative estimate of drug-likeness (QED) is 0.251. The highest BCUT2D eigenvalue weighted by atomic mass is 127. The van der Waals surface area contributed by atoms with Crippen molar-refractivity contribution < 1.29 is 9.47 Å². The van der Waals surface area contributed by atoms with Crippen molar-refractivity contribution in [3.63, 3.8) is 0 Å². The molecule has 0 amide bonds. The zero-order valence-corrected chi connectivity index (χ0v) is 18.7. The van der Waals surface area contributed by atoms with E-state index < -0.39 is 0 Å². The van der Waals surface area contributed by atoms with Crippen molar-refractivity contribution in [1.82, 2.24) is 25.0 Å². The SMILES string of the molecule is CCOCC1CCN(C(=NCc2nnc(C)n2C)NCCCOC)C1.I. The van der Waals surface area contributed by atoms with Crippen molar-refractivity contribution in [1.29, 1.82) is 0 Å². The van der Waals surface area contributed by atoms with Gasteiger partial charge in [0.15, 0.2) is 11.8 Å². The molecule has 8 nitrogen and oxygen atoms in total. The number of hydrogen-bond donors (Lipinski definition) is 1. The van der Waals surface area contributed by atoms with E-state index in [1.165, 1.54) is 0 Å². The summed E-state index contributed by atoms with van der Waals surface area (Å²) in [6.07, 6.45) is 2.09. The van der Waals surface area contributed by atoms with E-state index in [1.807, 2.05) is 25.5 Å².